The molecule has 0 fully saturated rings. The zero-order valence-electron chi connectivity index (χ0n) is 18.1. The van der Waals surface area contributed by atoms with Crippen LogP contribution in [0.25, 0.3) is 0 Å². The molecular formula is C24H19F3N6OS. The molecule has 1 heterocycles. The van der Waals surface area contributed by atoms with Crippen molar-refractivity contribution >= 4 is 46.6 Å². The van der Waals surface area contributed by atoms with Crippen molar-refractivity contribution in [2.75, 3.05) is 21.7 Å². The van der Waals surface area contributed by atoms with Gasteiger partial charge in [0.15, 0.2) is 5.16 Å². The largest absolute Gasteiger partial charge is 0.416 e. The van der Waals surface area contributed by atoms with Crippen LogP contribution >= 0.6 is 11.8 Å². The maximum atomic E-state index is 12.9. The number of aromatic nitrogens is 3. The van der Waals surface area contributed by atoms with Crippen LogP contribution in [0.3, 0.4) is 0 Å². The lowest BCUT2D eigenvalue weighted by Crippen LogP contribution is -2.15. The van der Waals surface area contributed by atoms with Crippen molar-refractivity contribution in [2.24, 2.45) is 0 Å². The van der Waals surface area contributed by atoms with Crippen molar-refractivity contribution in [3.8, 4) is 0 Å². The first-order valence-corrected chi connectivity index (χ1v) is 11.3. The number of nitrogens with one attached hydrogen (secondary N) is 3. The summed E-state index contributed by atoms with van der Waals surface area (Å²) in [6.45, 7) is 0. The minimum absolute atomic E-state index is 0.0546. The van der Waals surface area contributed by atoms with Gasteiger partial charge in [-0.2, -0.15) is 28.1 Å². The average Bonchev–Trinajstić information content (AvgIpc) is 2.84. The molecule has 4 aromatic rings. The SMILES string of the molecule is O=C(CSc1nc(Nc2ccccc2)nc(Nc2ccccc2)n1)Nc1cccc(C(F)(F)F)c1. The standard InChI is InChI=1S/C24H19F3N6OS/c25-24(26,27)16-8-7-13-19(14-16)28-20(34)15-35-23-32-21(29-17-9-3-1-4-10-17)31-22(33-23)30-18-11-5-2-6-12-18/h1-14H,15H2,(H,28,34)(H2,29,30,31,32,33). The zero-order valence-corrected chi connectivity index (χ0v) is 18.9. The highest BCUT2D eigenvalue weighted by atomic mass is 32.2. The van der Waals surface area contributed by atoms with E-state index in [1.54, 1.807) is 0 Å². The van der Waals surface area contributed by atoms with Gasteiger partial charge in [-0.25, -0.2) is 0 Å². The summed E-state index contributed by atoms with van der Waals surface area (Å²) in [6.07, 6.45) is -4.50. The van der Waals surface area contributed by atoms with Gasteiger partial charge in [-0.3, -0.25) is 4.79 Å². The van der Waals surface area contributed by atoms with Crippen molar-refractivity contribution in [3.63, 3.8) is 0 Å². The molecule has 0 spiro atoms. The number of nitrogens with zero attached hydrogens (tertiary/aromatic N) is 3. The predicted octanol–water partition coefficient (Wildman–Crippen LogP) is 6.11. The second-order valence-corrected chi connectivity index (χ2v) is 8.11. The Morgan fingerprint density at radius 3 is 1.83 bits per heavy atom. The number of alkyl halides is 3. The first-order valence-electron chi connectivity index (χ1n) is 10.4. The molecule has 178 valence electrons. The van der Waals surface area contributed by atoms with Gasteiger partial charge in [0.25, 0.3) is 0 Å². The molecule has 3 N–H and O–H groups in total. The summed E-state index contributed by atoms with van der Waals surface area (Å²) in [4.78, 5) is 25.5. The number of amides is 1. The van der Waals surface area contributed by atoms with Crippen LogP contribution in [-0.2, 0) is 11.0 Å². The fourth-order valence-electron chi connectivity index (χ4n) is 2.93. The number of benzene rings is 3. The number of para-hydroxylation sites is 2. The second-order valence-electron chi connectivity index (χ2n) is 7.16. The lowest BCUT2D eigenvalue weighted by Gasteiger charge is -2.11. The van der Waals surface area contributed by atoms with E-state index < -0.39 is 17.6 Å². The third-order valence-corrected chi connectivity index (χ3v) is 5.33. The van der Waals surface area contributed by atoms with Crippen molar-refractivity contribution < 1.29 is 18.0 Å². The van der Waals surface area contributed by atoms with Crippen molar-refractivity contribution in [3.05, 3.63) is 90.5 Å². The molecule has 11 heteroatoms. The first-order chi connectivity index (χ1) is 16.8. The Bertz CT molecular complexity index is 1230. The smallest absolute Gasteiger partial charge is 0.325 e. The Balaban J connectivity index is 1.48. The van der Waals surface area contributed by atoms with Gasteiger partial charge in [-0.1, -0.05) is 54.2 Å². The topological polar surface area (TPSA) is 91.8 Å². The average molecular weight is 497 g/mol. The maximum absolute atomic E-state index is 12.9. The predicted molar refractivity (Wildman–Crippen MR) is 130 cm³/mol. The number of hydrogen-bond donors (Lipinski definition) is 3. The van der Waals surface area contributed by atoms with Crippen LogP contribution in [0.2, 0.25) is 0 Å². The number of thioether (sulfide) groups is 1. The number of anilines is 5. The molecule has 0 aliphatic heterocycles. The van der Waals surface area contributed by atoms with Crippen molar-refractivity contribution in [1.29, 1.82) is 0 Å². The molecule has 0 aliphatic carbocycles. The number of carbonyl (C=O) groups excluding carboxylic acids is 1. The Hall–Kier alpha value is -4.12. The van der Waals surface area contributed by atoms with Gasteiger partial charge >= 0.3 is 6.18 Å². The van der Waals surface area contributed by atoms with Crippen LogP contribution in [0, 0.1) is 0 Å². The van der Waals surface area contributed by atoms with E-state index in [-0.39, 0.29) is 28.5 Å². The fourth-order valence-corrected chi connectivity index (χ4v) is 3.57. The van der Waals surface area contributed by atoms with Gasteiger partial charge < -0.3 is 16.0 Å². The highest BCUT2D eigenvalue weighted by Crippen LogP contribution is 2.30. The summed E-state index contributed by atoms with van der Waals surface area (Å²) in [5.41, 5.74) is 0.748. The maximum Gasteiger partial charge on any atom is 0.416 e. The molecule has 0 radical (unpaired) electrons. The highest BCUT2D eigenvalue weighted by molar-refractivity contribution is 7.99. The third-order valence-electron chi connectivity index (χ3n) is 4.48. The molecule has 0 aliphatic rings. The first kappa shape index (κ1) is 24.0. The summed E-state index contributed by atoms with van der Waals surface area (Å²) >= 11 is 1.03. The van der Waals surface area contributed by atoms with E-state index in [4.69, 9.17) is 0 Å². The van der Waals surface area contributed by atoms with Crippen LogP contribution in [0.1, 0.15) is 5.56 Å². The van der Waals surface area contributed by atoms with E-state index in [0.29, 0.717) is 0 Å². The third kappa shape index (κ3) is 7.18. The Kier molecular flexibility index (Phi) is 7.46. The van der Waals surface area contributed by atoms with E-state index >= 15 is 0 Å². The van der Waals surface area contributed by atoms with E-state index in [1.807, 2.05) is 60.7 Å². The van der Waals surface area contributed by atoms with Crippen LogP contribution < -0.4 is 16.0 Å². The highest BCUT2D eigenvalue weighted by Gasteiger charge is 2.30. The van der Waals surface area contributed by atoms with Crippen LogP contribution in [-0.4, -0.2) is 26.6 Å². The minimum atomic E-state index is -4.50. The van der Waals surface area contributed by atoms with Crippen molar-refractivity contribution in [1.82, 2.24) is 15.0 Å². The lowest BCUT2D eigenvalue weighted by atomic mass is 10.2. The summed E-state index contributed by atoms with van der Waals surface area (Å²) in [5, 5.41) is 8.92. The van der Waals surface area contributed by atoms with Crippen LogP contribution in [0.15, 0.2) is 90.1 Å². The van der Waals surface area contributed by atoms with Gasteiger partial charge in [0, 0.05) is 17.1 Å². The Morgan fingerprint density at radius 2 is 1.29 bits per heavy atom. The van der Waals surface area contributed by atoms with Gasteiger partial charge in [0.2, 0.25) is 17.8 Å². The number of carbonyl (C=O) groups is 1. The van der Waals surface area contributed by atoms with Crippen LogP contribution in [0.5, 0.6) is 0 Å². The number of halogens is 3. The normalized spacial score (nSPS) is 11.1. The Morgan fingerprint density at radius 1 is 0.743 bits per heavy atom. The van der Waals surface area contributed by atoms with Crippen LogP contribution in [0.4, 0.5) is 42.1 Å². The molecule has 35 heavy (non-hydrogen) atoms. The molecule has 0 unspecified atom stereocenters. The summed E-state index contributed by atoms with van der Waals surface area (Å²) < 4.78 is 38.7. The van der Waals surface area contributed by atoms with E-state index in [9.17, 15) is 18.0 Å². The molecule has 1 amide bonds. The fraction of sp³-hybridized carbons (Fsp3) is 0.0833. The van der Waals surface area contributed by atoms with Gasteiger partial charge in [0.1, 0.15) is 0 Å². The second kappa shape index (κ2) is 10.9. The quantitative estimate of drug-likeness (QED) is 0.254. The minimum Gasteiger partial charge on any atom is -0.325 e. The van der Waals surface area contributed by atoms with E-state index in [2.05, 4.69) is 30.9 Å². The van der Waals surface area contributed by atoms with Gasteiger partial charge in [-0.05, 0) is 42.5 Å². The van der Waals surface area contributed by atoms with Gasteiger partial charge in [-0.15, -0.1) is 0 Å². The summed E-state index contributed by atoms with van der Waals surface area (Å²) in [7, 11) is 0. The number of rotatable bonds is 8. The monoisotopic (exact) mass is 496 g/mol. The van der Waals surface area contributed by atoms with E-state index in [1.165, 1.54) is 12.1 Å². The molecule has 0 saturated carbocycles. The Labute approximate surface area is 203 Å². The molecule has 1 aromatic heterocycles. The molecular weight excluding hydrogens is 477 g/mol. The molecule has 0 atom stereocenters. The van der Waals surface area contributed by atoms with Gasteiger partial charge in [0.05, 0.1) is 11.3 Å². The molecule has 0 saturated heterocycles. The summed E-state index contributed by atoms with van der Waals surface area (Å²) in [6, 6.07) is 23.1. The molecule has 0 bridgehead atoms. The zero-order chi connectivity index (χ0) is 24.7. The molecule has 3 aromatic carbocycles. The molecule has 4 rings (SSSR count). The lowest BCUT2D eigenvalue weighted by molar-refractivity contribution is -0.137. The summed E-state index contributed by atoms with van der Waals surface area (Å²) in [5.74, 6) is -0.0729. The van der Waals surface area contributed by atoms with Crippen molar-refractivity contribution in [2.45, 2.75) is 11.3 Å². The number of hydrogen-bond acceptors (Lipinski definition) is 7. The molecule has 7 nitrogen and oxygen atoms in total. The van der Waals surface area contributed by atoms with E-state index in [0.717, 1.165) is 35.3 Å².